The SMILES string of the molecule is CCCCN1C(=O)CC[C@H]2CN(C(=O)Cc3cc(C)no3)CC[C@H]21. The second-order valence-electron chi connectivity index (χ2n) is 7.05. The van der Waals surface area contributed by atoms with E-state index < -0.39 is 0 Å². The number of carbonyl (C=O) groups excluding carboxylic acids is 2. The van der Waals surface area contributed by atoms with Gasteiger partial charge in [0.15, 0.2) is 0 Å². The Kier molecular flexibility index (Phi) is 5.21. The molecule has 2 atom stereocenters. The quantitative estimate of drug-likeness (QED) is 0.828. The van der Waals surface area contributed by atoms with E-state index in [1.165, 1.54) is 0 Å². The molecule has 0 unspecified atom stereocenters. The molecule has 0 aliphatic carbocycles. The molecule has 3 heterocycles. The number of nitrogens with zero attached hydrogens (tertiary/aromatic N) is 3. The highest BCUT2D eigenvalue weighted by Crippen LogP contribution is 2.31. The lowest BCUT2D eigenvalue weighted by Gasteiger charge is -2.47. The fourth-order valence-corrected chi connectivity index (χ4v) is 3.96. The van der Waals surface area contributed by atoms with Gasteiger partial charge < -0.3 is 14.3 Å². The number of amides is 2. The van der Waals surface area contributed by atoms with Crippen molar-refractivity contribution in [2.75, 3.05) is 19.6 Å². The zero-order valence-corrected chi connectivity index (χ0v) is 14.7. The smallest absolute Gasteiger partial charge is 0.230 e. The molecule has 0 spiro atoms. The standard InChI is InChI=1S/C18H27N3O3/c1-3-4-8-21-16-7-9-20(12-14(16)5-6-17(21)22)18(23)11-15-10-13(2)19-24-15/h10,14,16H,3-9,11-12H2,1-2H3/t14-,16+/m0/s1. The van der Waals surface area contributed by atoms with Crippen molar-refractivity contribution in [3.63, 3.8) is 0 Å². The molecule has 2 saturated heterocycles. The average Bonchev–Trinajstić information content (AvgIpc) is 2.98. The Hall–Kier alpha value is -1.85. The van der Waals surface area contributed by atoms with Crippen LogP contribution in [0.1, 0.15) is 50.5 Å². The summed E-state index contributed by atoms with van der Waals surface area (Å²) >= 11 is 0. The number of likely N-dealkylation sites (tertiary alicyclic amines) is 2. The molecule has 1 aromatic rings. The van der Waals surface area contributed by atoms with Crippen molar-refractivity contribution in [1.29, 1.82) is 0 Å². The lowest BCUT2D eigenvalue weighted by Crippen LogP contribution is -2.57. The first-order valence-electron chi connectivity index (χ1n) is 9.08. The van der Waals surface area contributed by atoms with E-state index in [9.17, 15) is 9.59 Å². The molecule has 0 N–H and O–H groups in total. The minimum Gasteiger partial charge on any atom is -0.361 e. The summed E-state index contributed by atoms with van der Waals surface area (Å²) in [5.41, 5.74) is 0.800. The Labute approximate surface area is 143 Å². The van der Waals surface area contributed by atoms with Crippen molar-refractivity contribution in [3.05, 3.63) is 17.5 Å². The van der Waals surface area contributed by atoms with Gasteiger partial charge in [-0.25, -0.2) is 0 Å². The van der Waals surface area contributed by atoms with Gasteiger partial charge in [-0.3, -0.25) is 9.59 Å². The maximum absolute atomic E-state index is 12.5. The third-order valence-electron chi connectivity index (χ3n) is 5.25. The van der Waals surface area contributed by atoms with Crippen LogP contribution in [0, 0.1) is 12.8 Å². The Morgan fingerprint density at radius 2 is 2.25 bits per heavy atom. The fourth-order valence-electron chi connectivity index (χ4n) is 3.96. The largest absolute Gasteiger partial charge is 0.361 e. The Morgan fingerprint density at radius 3 is 2.96 bits per heavy atom. The van der Waals surface area contributed by atoms with Crippen molar-refractivity contribution in [2.45, 2.75) is 58.4 Å². The van der Waals surface area contributed by atoms with Gasteiger partial charge in [-0.2, -0.15) is 0 Å². The second kappa shape index (κ2) is 7.36. The highest BCUT2D eigenvalue weighted by molar-refractivity contribution is 5.79. The van der Waals surface area contributed by atoms with Crippen LogP contribution in [0.15, 0.2) is 10.6 Å². The van der Waals surface area contributed by atoms with Crippen LogP contribution in [0.25, 0.3) is 0 Å². The van der Waals surface area contributed by atoms with Crippen molar-refractivity contribution in [2.24, 2.45) is 5.92 Å². The maximum atomic E-state index is 12.5. The molecule has 132 valence electrons. The molecule has 2 amide bonds. The van der Waals surface area contributed by atoms with Gasteiger partial charge in [0.2, 0.25) is 11.8 Å². The van der Waals surface area contributed by atoms with Crippen molar-refractivity contribution < 1.29 is 14.1 Å². The molecular formula is C18H27N3O3. The number of aromatic nitrogens is 1. The molecule has 1 aromatic heterocycles. The van der Waals surface area contributed by atoms with E-state index in [1.807, 2.05) is 17.9 Å². The first-order chi connectivity index (χ1) is 11.6. The summed E-state index contributed by atoms with van der Waals surface area (Å²) in [4.78, 5) is 28.8. The molecular weight excluding hydrogens is 306 g/mol. The van der Waals surface area contributed by atoms with Gasteiger partial charge in [-0.1, -0.05) is 18.5 Å². The van der Waals surface area contributed by atoms with E-state index in [2.05, 4.69) is 17.0 Å². The number of carbonyl (C=O) groups is 2. The normalized spacial score (nSPS) is 24.2. The molecule has 6 nitrogen and oxygen atoms in total. The first-order valence-corrected chi connectivity index (χ1v) is 9.08. The third-order valence-corrected chi connectivity index (χ3v) is 5.25. The average molecular weight is 333 g/mol. The number of aryl methyl sites for hydroxylation is 1. The van der Waals surface area contributed by atoms with Crippen LogP contribution < -0.4 is 0 Å². The monoisotopic (exact) mass is 333 g/mol. The number of unbranched alkanes of at least 4 members (excludes halogenated alkanes) is 1. The van der Waals surface area contributed by atoms with E-state index in [-0.39, 0.29) is 12.3 Å². The van der Waals surface area contributed by atoms with Gasteiger partial charge in [0, 0.05) is 38.2 Å². The summed E-state index contributed by atoms with van der Waals surface area (Å²) in [6.07, 6.45) is 4.84. The summed E-state index contributed by atoms with van der Waals surface area (Å²) in [5.74, 6) is 1.43. The summed E-state index contributed by atoms with van der Waals surface area (Å²) in [5, 5.41) is 3.84. The molecule has 2 aliphatic rings. The van der Waals surface area contributed by atoms with E-state index in [0.717, 1.165) is 51.0 Å². The molecule has 0 saturated carbocycles. The molecule has 0 aromatic carbocycles. The van der Waals surface area contributed by atoms with E-state index in [4.69, 9.17) is 4.52 Å². The molecule has 3 rings (SSSR count). The maximum Gasteiger partial charge on any atom is 0.230 e. The topological polar surface area (TPSA) is 66.7 Å². The highest BCUT2D eigenvalue weighted by atomic mass is 16.5. The van der Waals surface area contributed by atoms with Crippen molar-refractivity contribution >= 4 is 11.8 Å². The van der Waals surface area contributed by atoms with Crippen molar-refractivity contribution in [3.8, 4) is 0 Å². The molecule has 0 bridgehead atoms. The molecule has 6 heteroatoms. The summed E-state index contributed by atoms with van der Waals surface area (Å²) in [6, 6.07) is 2.13. The van der Waals surface area contributed by atoms with Crippen LogP contribution in [0.2, 0.25) is 0 Å². The van der Waals surface area contributed by atoms with Gasteiger partial charge in [-0.05, 0) is 32.1 Å². The number of piperidine rings is 2. The van der Waals surface area contributed by atoms with Crippen LogP contribution in [0.3, 0.4) is 0 Å². The van der Waals surface area contributed by atoms with Gasteiger partial charge in [0.1, 0.15) is 5.76 Å². The summed E-state index contributed by atoms with van der Waals surface area (Å²) in [7, 11) is 0. The minimum atomic E-state index is 0.0987. The zero-order valence-electron chi connectivity index (χ0n) is 14.7. The highest BCUT2D eigenvalue weighted by Gasteiger charge is 2.39. The second-order valence-corrected chi connectivity index (χ2v) is 7.05. The van der Waals surface area contributed by atoms with Crippen LogP contribution >= 0.6 is 0 Å². The number of fused-ring (bicyclic) bond motifs is 1. The summed E-state index contributed by atoms with van der Waals surface area (Å²) < 4.78 is 5.16. The van der Waals surface area contributed by atoms with Crippen LogP contribution in [0.4, 0.5) is 0 Å². The van der Waals surface area contributed by atoms with Gasteiger partial charge in [0.05, 0.1) is 12.1 Å². The van der Waals surface area contributed by atoms with E-state index >= 15 is 0 Å². The van der Waals surface area contributed by atoms with Gasteiger partial charge in [-0.15, -0.1) is 0 Å². The first kappa shape index (κ1) is 17.0. The third kappa shape index (κ3) is 3.62. The Morgan fingerprint density at radius 1 is 1.42 bits per heavy atom. The summed E-state index contributed by atoms with van der Waals surface area (Å²) in [6.45, 7) is 6.35. The molecule has 24 heavy (non-hydrogen) atoms. The number of hydrogen-bond acceptors (Lipinski definition) is 4. The van der Waals surface area contributed by atoms with Gasteiger partial charge >= 0.3 is 0 Å². The predicted octanol–water partition coefficient (Wildman–Crippen LogP) is 2.17. The fraction of sp³-hybridized carbons (Fsp3) is 0.722. The molecule has 2 aliphatic heterocycles. The van der Waals surface area contributed by atoms with Crippen LogP contribution in [-0.2, 0) is 16.0 Å². The lowest BCUT2D eigenvalue weighted by molar-refractivity contribution is -0.144. The number of rotatable bonds is 5. The zero-order chi connectivity index (χ0) is 17.1. The van der Waals surface area contributed by atoms with E-state index in [0.29, 0.717) is 30.0 Å². The predicted molar refractivity (Wildman–Crippen MR) is 89.3 cm³/mol. The van der Waals surface area contributed by atoms with Crippen LogP contribution in [-0.4, -0.2) is 52.4 Å². The minimum absolute atomic E-state index is 0.0987. The van der Waals surface area contributed by atoms with E-state index in [1.54, 1.807) is 0 Å². The lowest BCUT2D eigenvalue weighted by atomic mass is 9.83. The molecule has 0 radical (unpaired) electrons. The number of hydrogen-bond donors (Lipinski definition) is 0. The van der Waals surface area contributed by atoms with Gasteiger partial charge in [0.25, 0.3) is 0 Å². The molecule has 2 fully saturated rings. The Bertz CT molecular complexity index is 598. The Balaban J connectivity index is 1.59. The van der Waals surface area contributed by atoms with Crippen LogP contribution in [0.5, 0.6) is 0 Å². The van der Waals surface area contributed by atoms with Crippen molar-refractivity contribution in [1.82, 2.24) is 15.0 Å².